The largest absolute Gasteiger partial charge is 0.496 e. The fraction of sp³-hybridized carbons (Fsp3) is 0.190. The molecule has 0 saturated carbocycles. The highest BCUT2D eigenvalue weighted by molar-refractivity contribution is 9.08. The average molecular weight is 443 g/mol. The predicted molar refractivity (Wildman–Crippen MR) is 110 cm³/mol. The standard InChI is InChI=1S/C21H19BrN2O4/c1-27-19-8-6-14(12-22)11-17(19)18-7-9-20(25)24(23-18)13-15-4-3-5-16(10-15)21(26)28-2/h3-11H,12-13H2,1-2H3. The molecule has 0 aliphatic carbocycles. The molecule has 144 valence electrons. The maximum absolute atomic E-state index is 12.3. The number of rotatable bonds is 6. The van der Waals surface area contributed by atoms with Gasteiger partial charge in [-0.05, 0) is 41.5 Å². The Labute approximate surface area is 170 Å². The molecule has 0 aliphatic heterocycles. The molecule has 0 spiro atoms. The molecule has 0 saturated heterocycles. The number of nitrogens with zero attached hydrogens (tertiary/aromatic N) is 2. The van der Waals surface area contributed by atoms with Crippen LogP contribution in [0, 0.1) is 0 Å². The predicted octanol–water partition coefficient (Wildman–Crippen LogP) is 3.65. The molecule has 0 fully saturated rings. The Balaban J connectivity index is 2.00. The molecule has 3 rings (SSSR count). The van der Waals surface area contributed by atoms with Gasteiger partial charge >= 0.3 is 5.97 Å². The maximum atomic E-state index is 12.3. The van der Waals surface area contributed by atoms with Gasteiger partial charge in [-0.3, -0.25) is 4.79 Å². The van der Waals surface area contributed by atoms with Crippen LogP contribution in [0.3, 0.4) is 0 Å². The van der Waals surface area contributed by atoms with Gasteiger partial charge in [0, 0.05) is 17.0 Å². The van der Waals surface area contributed by atoms with Gasteiger partial charge < -0.3 is 9.47 Å². The number of benzene rings is 2. The first-order valence-corrected chi connectivity index (χ1v) is 9.66. The van der Waals surface area contributed by atoms with Crippen molar-refractivity contribution in [2.75, 3.05) is 14.2 Å². The number of hydrogen-bond donors (Lipinski definition) is 0. The lowest BCUT2D eigenvalue weighted by Crippen LogP contribution is -2.23. The first-order chi connectivity index (χ1) is 13.5. The summed E-state index contributed by atoms with van der Waals surface area (Å²) < 4.78 is 11.6. The summed E-state index contributed by atoms with van der Waals surface area (Å²) in [5, 5.41) is 5.21. The molecular weight excluding hydrogens is 424 g/mol. The van der Waals surface area contributed by atoms with E-state index in [0.29, 0.717) is 22.3 Å². The van der Waals surface area contributed by atoms with Crippen molar-refractivity contribution in [1.82, 2.24) is 9.78 Å². The van der Waals surface area contributed by atoms with E-state index in [2.05, 4.69) is 21.0 Å². The second kappa shape index (κ2) is 8.84. The fourth-order valence-corrected chi connectivity index (χ4v) is 3.18. The zero-order valence-corrected chi connectivity index (χ0v) is 17.1. The van der Waals surface area contributed by atoms with Gasteiger partial charge in [-0.25, -0.2) is 9.48 Å². The molecule has 3 aromatic rings. The molecule has 1 heterocycles. The molecule has 28 heavy (non-hydrogen) atoms. The van der Waals surface area contributed by atoms with Gasteiger partial charge in [-0.15, -0.1) is 0 Å². The van der Waals surface area contributed by atoms with Gasteiger partial charge in [-0.2, -0.15) is 5.10 Å². The van der Waals surface area contributed by atoms with Crippen LogP contribution < -0.4 is 10.3 Å². The fourth-order valence-electron chi connectivity index (χ4n) is 2.83. The third-order valence-corrected chi connectivity index (χ3v) is 4.89. The Bertz CT molecular complexity index is 1060. The summed E-state index contributed by atoms with van der Waals surface area (Å²) in [5.41, 5.74) is 3.47. The van der Waals surface area contributed by atoms with Crippen molar-refractivity contribution in [2.24, 2.45) is 0 Å². The molecular formula is C21H19BrN2O4. The zero-order valence-electron chi connectivity index (χ0n) is 15.5. The topological polar surface area (TPSA) is 70.4 Å². The number of esters is 1. The van der Waals surface area contributed by atoms with Gasteiger partial charge in [-0.1, -0.05) is 34.1 Å². The van der Waals surface area contributed by atoms with Crippen LogP contribution in [0.25, 0.3) is 11.3 Å². The van der Waals surface area contributed by atoms with Crippen LogP contribution in [-0.4, -0.2) is 30.0 Å². The van der Waals surface area contributed by atoms with E-state index >= 15 is 0 Å². The van der Waals surface area contributed by atoms with Crippen molar-refractivity contribution in [3.63, 3.8) is 0 Å². The monoisotopic (exact) mass is 442 g/mol. The van der Waals surface area contributed by atoms with Crippen LogP contribution >= 0.6 is 15.9 Å². The number of alkyl halides is 1. The van der Waals surface area contributed by atoms with Gasteiger partial charge in [0.25, 0.3) is 5.56 Å². The molecule has 7 heteroatoms. The summed E-state index contributed by atoms with van der Waals surface area (Å²) in [5.74, 6) is 0.252. The van der Waals surface area contributed by atoms with E-state index in [1.54, 1.807) is 31.4 Å². The van der Waals surface area contributed by atoms with E-state index in [-0.39, 0.29) is 12.1 Å². The lowest BCUT2D eigenvalue weighted by Gasteiger charge is -2.12. The van der Waals surface area contributed by atoms with Crippen LogP contribution in [0.15, 0.2) is 59.4 Å². The Hall–Kier alpha value is -2.93. The molecule has 0 radical (unpaired) electrons. The van der Waals surface area contributed by atoms with Crippen molar-refractivity contribution in [2.45, 2.75) is 11.9 Å². The minimum absolute atomic E-state index is 0.233. The number of aromatic nitrogens is 2. The SMILES string of the molecule is COC(=O)c1cccc(Cn2nc(-c3cc(CBr)ccc3OC)ccc2=O)c1. The van der Waals surface area contributed by atoms with Crippen LogP contribution in [0.4, 0.5) is 0 Å². The molecule has 6 nitrogen and oxygen atoms in total. The average Bonchev–Trinajstić information content (AvgIpc) is 2.74. The van der Waals surface area contributed by atoms with Crippen molar-refractivity contribution in [3.8, 4) is 17.0 Å². The lowest BCUT2D eigenvalue weighted by molar-refractivity contribution is 0.0600. The highest BCUT2D eigenvalue weighted by atomic mass is 79.9. The smallest absolute Gasteiger partial charge is 0.337 e. The molecule has 0 aliphatic rings. The first-order valence-electron chi connectivity index (χ1n) is 8.54. The number of carbonyl (C=O) groups excluding carboxylic acids is 1. The number of ether oxygens (including phenoxy) is 2. The van der Waals surface area contributed by atoms with Crippen molar-refractivity contribution < 1.29 is 14.3 Å². The van der Waals surface area contributed by atoms with Crippen LogP contribution in [0.2, 0.25) is 0 Å². The molecule has 1 aromatic heterocycles. The highest BCUT2D eigenvalue weighted by Crippen LogP contribution is 2.29. The van der Waals surface area contributed by atoms with Gasteiger partial charge in [0.15, 0.2) is 0 Å². The highest BCUT2D eigenvalue weighted by Gasteiger charge is 2.12. The summed E-state index contributed by atoms with van der Waals surface area (Å²) >= 11 is 3.45. The first kappa shape index (κ1) is 19.8. The third-order valence-electron chi connectivity index (χ3n) is 4.24. The number of halogens is 1. The molecule has 0 unspecified atom stereocenters. The third kappa shape index (κ3) is 4.31. The number of carbonyl (C=O) groups is 1. The number of hydrogen-bond acceptors (Lipinski definition) is 5. The minimum Gasteiger partial charge on any atom is -0.496 e. The molecule has 0 amide bonds. The Morgan fingerprint density at radius 3 is 2.61 bits per heavy atom. The zero-order chi connectivity index (χ0) is 20.1. The second-order valence-corrected chi connectivity index (χ2v) is 6.64. The van der Waals surface area contributed by atoms with E-state index in [1.807, 2.05) is 24.3 Å². The maximum Gasteiger partial charge on any atom is 0.337 e. The summed E-state index contributed by atoms with van der Waals surface area (Å²) in [6.45, 7) is 0.234. The molecule has 0 N–H and O–H groups in total. The summed E-state index contributed by atoms with van der Waals surface area (Å²) in [6.07, 6.45) is 0. The Kier molecular flexibility index (Phi) is 6.26. The van der Waals surface area contributed by atoms with Crippen LogP contribution in [-0.2, 0) is 16.6 Å². The Morgan fingerprint density at radius 1 is 1.07 bits per heavy atom. The summed E-state index contributed by atoms with van der Waals surface area (Å²) in [4.78, 5) is 24.1. The van der Waals surface area contributed by atoms with Gasteiger partial charge in [0.2, 0.25) is 0 Å². The quantitative estimate of drug-likeness (QED) is 0.430. The van der Waals surface area contributed by atoms with E-state index < -0.39 is 5.97 Å². The number of methoxy groups -OCH3 is 2. The van der Waals surface area contributed by atoms with Crippen molar-refractivity contribution in [1.29, 1.82) is 0 Å². The van der Waals surface area contributed by atoms with Crippen molar-refractivity contribution >= 4 is 21.9 Å². The van der Waals surface area contributed by atoms with Crippen molar-refractivity contribution in [3.05, 3.63) is 81.6 Å². The van der Waals surface area contributed by atoms with E-state index in [4.69, 9.17) is 9.47 Å². The summed E-state index contributed by atoms with van der Waals surface area (Å²) in [6, 6.07) is 15.9. The van der Waals surface area contributed by atoms with Crippen LogP contribution in [0.1, 0.15) is 21.5 Å². The summed E-state index contributed by atoms with van der Waals surface area (Å²) in [7, 11) is 2.93. The molecule has 2 aromatic carbocycles. The van der Waals surface area contributed by atoms with Crippen LogP contribution in [0.5, 0.6) is 5.75 Å². The van der Waals surface area contributed by atoms with Gasteiger partial charge in [0.1, 0.15) is 5.75 Å². The Morgan fingerprint density at radius 2 is 1.89 bits per heavy atom. The molecule has 0 bridgehead atoms. The van der Waals surface area contributed by atoms with E-state index in [0.717, 1.165) is 16.7 Å². The minimum atomic E-state index is -0.424. The second-order valence-electron chi connectivity index (χ2n) is 6.07. The molecule has 0 atom stereocenters. The van der Waals surface area contributed by atoms with Gasteiger partial charge in [0.05, 0.1) is 32.0 Å². The van der Waals surface area contributed by atoms with E-state index in [9.17, 15) is 9.59 Å². The lowest BCUT2D eigenvalue weighted by atomic mass is 10.1. The normalized spacial score (nSPS) is 10.5. The van der Waals surface area contributed by atoms with E-state index in [1.165, 1.54) is 17.9 Å².